The molecule has 1 aliphatic heterocycles. The molecule has 0 aliphatic carbocycles. The third-order valence-corrected chi connectivity index (χ3v) is 5.28. The van der Waals surface area contributed by atoms with Crippen molar-refractivity contribution < 1.29 is 0 Å². The highest BCUT2D eigenvalue weighted by Crippen LogP contribution is 2.38. The Balaban J connectivity index is 1.72. The lowest BCUT2D eigenvalue weighted by molar-refractivity contribution is 0.431. The van der Waals surface area contributed by atoms with E-state index >= 15 is 0 Å². The topological polar surface area (TPSA) is 68.8 Å². The first-order chi connectivity index (χ1) is 12.1. The van der Waals surface area contributed by atoms with E-state index in [1.165, 1.54) is 16.7 Å². The van der Waals surface area contributed by atoms with E-state index in [4.69, 9.17) is 5.73 Å². The Kier molecular flexibility index (Phi) is 4.21. The second kappa shape index (κ2) is 6.52. The Labute approximate surface area is 155 Å². The van der Waals surface area contributed by atoms with Gasteiger partial charge in [0.25, 0.3) is 0 Å². The Morgan fingerprint density at radius 1 is 1.12 bits per heavy atom. The first-order valence-electron chi connectivity index (χ1n) is 8.47. The molecule has 3 aromatic rings. The maximum atomic E-state index is 5.86. The van der Waals surface area contributed by atoms with Gasteiger partial charge in [0.1, 0.15) is 0 Å². The molecule has 1 aromatic heterocycles. The first-order valence-corrected chi connectivity index (χ1v) is 9.26. The van der Waals surface area contributed by atoms with Crippen LogP contribution in [-0.2, 0) is 6.42 Å². The van der Waals surface area contributed by atoms with E-state index in [1.807, 2.05) is 4.68 Å². The van der Waals surface area contributed by atoms with Crippen molar-refractivity contribution >= 4 is 27.8 Å². The predicted octanol–water partition coefficient (Wildman–Crippen LogP) is 4.33. The molecule has 0 fully saturated rings. The standard InChI is InChI=1S/C19H20BrN5/c1-2-12-3-5-14(6-4-12)17-11-16(13-7-9-15(20)10-8-13)22-19-23-18(21)24-25(17)19/h3-10,16-17H,2,11H2,1H3,(H3,21,22,23,24). The highest BCUT2D eigenvalue weighted by molar-refractivity contribution is 9.10. The van der Waals surface area contributed by atoms with E-state index in [9.17, 15) is 0 Å². The Morgan fingerprint density at radius 3 is 2.48 bits per heavy atom. The fourth-order valence-electron chi connectivity index (χ4n) is 3.36. The molecule has 4 rings (SSSR count). The minimum Gasteiger partial charge on any atom is -0.366 e. The van der Waals surface area contributed by atoms with Crippen molar-refractivity contribution in [2.24, 2.45) is 0 Å². The van der Waals surface area contributed by atoms with Crippen molar-refractivity contribution in [3.63, 3.8) is 0 Å². The van der Waals surface area contributed by atoms with Gasteiger partial charge in [0.05, 0.1) is 12.1 Å². The van der Waals surface area contributed by atoms with Crippen molar-refractivity contribution in [1.29, 1.82) is 0 Å². The Hall–Kier alpha value is -2.34. The molecule has 2 heterocycles. The Bertz CT molecular complexity index is 870. The molecule has 0 radical (unpaired) electrons. The normalized spacial score (nSPS) is 19.3. The van der Waals surface area contributed by atoms with Crippen LogP contribution in [-0.4, -0.2) is 14.8 Å². The fourth-order valence-corrected chi connectivity index (χ4v) is 3.63. The summed E-state index contributed by atoms with van der Waals surface area (Å²) in [6.45, 7) is 2.17. The van der Waals surface area contributed by atoms with E-state index in [1.54, 1.807) is 0 Å². The molecule has 2 atom stereocenters. The van der Waals surface area contributed by atoms with Gasteiger partial charge in [0, 0.05) is 4.47 Å². The molecule has 0 amide bonds. The number of rotatable bonds is 3. The van der Waals surface area contributed by atoms with Gasteiger partial charge in [-0.3, -0.25) is 0 Å². The Morgan fingerprint density at radius 2 is 1.80 bits per heavy atom. The van der Waals surface area contributed by atoms with Gasteiger partial charge in [-0.1, -0.05) is 59.3 Å². The average Bonchev–Trinajstić information content (AvgIpc) is 3.01. The van der Waals surface area contributed by atoms with Crippen LogP contribution in [0.4, 0.5) is 11.9 Å². The van der Waals surface area contributed by atoms with Crippen molar-refractivity contribution in [3.05, 3.63) is 69.7 Å². The lowest BCUT2D eigenvalue weighted by Gasteiger charge is -2.31. The molecule has 0 bridgehead atoms. The summed E-state index contributed by atoms with van der Waals surface area (Å²) < 4.78 is 2.98. The number of nitrogens with zero attached hydrogens (tertiary/aromatic N) is 3. The number of fused-ring (bicyclic) bond motifs is 1. The van der Waals surface area contributed by atoms with Gasteiger partial charge in [-0.15, -0.1) is 5.10 Å². The zero-order valence-electron chi connectivity index (χ0n) is 14.0. The van der Waals surface area contributed by atoms with E-state index in [-0.39, 0.29) is 12.1 Å². The van der Waals surface area contributed by atoms with Gasteiger partial charge in [-0.25, -0.2) is 4.68 Å². The average molecular weight is 398 g/mol. The molecule has 0 saturated heterocycles. The third-order valence-electron chi connectivity index (χ3n) is 4.75. The van der Waals surface area contributed by atoms with Gasteiger partial charge in [0.2, 0.25) is 11.9 Å². The van der Waals surface area contributed by atoms with Gasteiger partial charge in [-0.2, -0.15) is 4.98 Å². The number of aromatic nitrogens is 3. The summed E-state index contributed by atoms with van der Waals surface area (Å²) in [6.07, 6.45) is 1.93. The number of anilines is 2. The monoisotopic (exact) mass is 397 g/mol. The summed E-state index contributed by atoms with van der Waals surface area (Å²) in [6, 6.07) is 17.4. The summed E-state index contributed by atoms with van der Waals surface area (Å²) in [7, 11) is 0. The summed E-state index contributed by atoms with van der Waals surface area (Å²) in [5.41, 5.74) is 9.65. The van der Waals surface area contributed by atoms with Crippen LogP contribution in [0.3, 0.4) is 0 Å². The SMILES string of the molecule is CCc1ccc(C2CC(c3ccc(Br)cc3)Nc3nc(N)nn32)cc1. The van der Waals surface area contributed by atoms with Crippen molar-refractivity contribution in [2.75, 3.05) is 11.1 Å². The molecule has 1 aliphatic rings. The highest BCUT2D eigenvalue weighted by Gasteiger charge is 2.30. The molecule has 3 N–H and O–H groups in total. The number of aryl methyl sites for hydroxylation is 1. The van der Waals surface area contributed by atoms with Gasteiger partial charge in [-0.05, 0) is 41.7 Å². The number of hydrogen-bond acceptors (Lipinski definition) is 4. The van der Waals surface area contributed by atoms with Crippen LogP contribution in [0.15, 0.2) is 53.0 Å². The summed E-state index contributed by atoms with van der Waals surface area (Å²) in [5, 5.41) is 7.88. The molecule has 2 aromatic carbocycles. The van der Waals surface area contributed by atoms with Gasteiger partial charge < -0.3 is 11.1 Å². The summed E-state index contributed by atoms with van der Waals surface area (Å²) in [4.78, 5) is 4.36. The summed E-state index contributed by atoms with van der Waals surface area (Å²) >= 11 is 3.50. The summed E-state index contributed by atoms with van der Waals surface area (Å²) in [5.74, 6) is 1.02. The van der Waals surface area contributed by atoms with Crippen LogP contribution in [0.1, 0.15) is 42.1 Å². The van der Waals surface area contributed by atoms with Gasteiger partial charge in [0.15, 0.2) is 0 Å². The van der Waals surface area contributed by atoms with Crippen LogP contribution in [0.25, 0.3) is 0 Å². The van der Waals surface area contributed by atoms with E-state index in [2.05, 4.69) is 86.8 Å². The van der Waals surface area contributed by atoms with Crippen LogP contribution >= 0.6 is 15.9 Å². The minimum atomic E-state index is 0.112. The second-order valence-corrected chi connectivity index (χ2v) is 7.25. The lowest BCUT2D eigenvalue weighted by atomic mass is 9.93. The van der Waals surface area contributed by atoms with E-state index in [0.717, 1.165) is 23.3 Å². The molecule has 128 valence electrons. The number of hydrogen-bond donors (Lipinski definition) is 2. The van der Waals surface area contributed by atoms with E-state index in [0.29, 0.717) is 5.95 Å². The molecule has 6 heteroatoms. The van der Waals surface area contributed by atoms with E-state index < -0.39 is 0 Å². The maximum Gasteiger partial charge on any atom is 0.241 e. The van der Waals surface area contributed by atoms with Gasteiger partial charge >= 0.3 is 0 Å². The zero-order chi connectivity index (χ0) is 17.4. The highest BCUT2D eigenvalue weighted by atomic mass is 79.9. The van der Waals surface area contributed by atoms with Crippen molar-refractivity contribution in [1.82, 2.24) is 14.8 Å². The number of nitrogens with two attached hydrogens (primary N) is 1. The minimum absolute atomic E-state index is 0.112. The second-order valence-electron chi connectivity index (χ2n) is 6.33. The van der Waals surface area contributed by atoms with Crippen LogP contribution in [0, 0.1) is 0 Å². The van der Waals surface area contributed by atoms with Crippen molar-refractivity contribution in [3.8, 4) is 0 Å². The molecular formula is C19H20BrN5. The predicted molar refractivity (Wildman–Crippen MR) is 104 cm³/mol. The molecule has 2 unspecified atom stereocenters. The van der Waals surface area contributed by atoms with Crippen LogP contribution < -0.4 is 11.1 Å². The van der Waals surface area contributed by atoms with Crippen LogP contribution in [0.2, 0.25) is 0 Å². The molecule has 0 spiro atoms. The first kappa shape index (κ1) is 16.1. The molecule has 25 heavy (non-hydrogen) atoms. The third kappa shape index (κ3) is 3.14. The number of benzene rings is 2. The molecule has 5 nitrogen and oxygen atoms in total. The smallest absolute Gasteiger partial charge is 0.241 e. The van der Waals surface area contributed by atoms with Crippen molar-refractivity contribution in [2.45, 2.75) is 31.8 Å². The number of nitrogens with one attached hydrogen (secondary N) is 1. The number of halogens is 1. The quantitative estimate of drug-likeness (QED) is 0.689. The number of nitrogen functional groups attached to an aromatic ring is 1. The zero-order valence-corrected chi connectivity index (χ0v) is 15.6. The molecule has 0 saturated carbocycles. The fraction of sp³-hybridized carbons (Fsp3) is 0.263. The maximum absolute atomic E-state index is 5.86. The largest absolute Gasteiger partial charge is 0.366 e. The lowest BCUT2D eigenvalue weighted by Crippen LogP contribution is -2.28. The molecular weight excluding hydrogens is 378 g/mol. The van der Waals surface area contributed by atoms with Crippen LogP contribution in [0.5, 0.6) is 0 Å².